The molecule has 1 aromatic carbocycles. The molecule has 9 nitrogen and oxygen atoms in total. The summed E-state index contributed by atoms with van der Waals surface area (Å²) in [5.41, 5.74) is 0.547. The van der Waals surface area contributed by atoms with Crippen molar-refractivity contribution in [2.24, 2.45) is 5.92 Å². The molecule has 1 aliphatic rings. The Hall–Kier alpha value is -3.59. The van der Waals surface area contributed by atoms with E-state index in [1.54, 1.807) is 36.5 Å². The highest BCUT2D eigenvalue weighted by atomic mass is 16.5. The molecule has 0 radical (unpaired) electrons. The number of rotatable bonds is 5. The van der Waals surface area contributed by atoms with Crippen LogP contribution in [0.4, 0.5) is 5.82 Å². The molecule has 0 spiro atoms. The van der Waals surface area contributed by atoms with Gasteiger partial charge in [0.1, 0.15) is 11.6 Å². The number of aromatic nitrogens is 3. The number of esters is 1. The normalized spacial score (nSPS) is 15.0. The third-order valence-electron chi connectivity index (χ3n) is 5.42. The number of methoxy groups -OCH3 is 1. The van der Waals surface area contributed by atoms with E-state index in [4.69, 9.17) is 4.74 Å². The summed E-state index contributed by atoms with van der Waals surface area (Å²) in [6, 6.07) is 10.1. The molecule has 1 aliphatic heterocycles. The maximum atomic E-state index is 12.5. The van der Waals surface area contributed by atoms with Gasteiger partial charge < -0.3 is 15.0 Å². The van der Waals surface area contributed by atoms with Crippen molar-refractivity contribution in [1.29, 1.82) is 0 Å². The van der Waals surface area contributed by atoms with Crippen molar-refractivity contribution in [1.82, 2.24) is 19.9 Å². The van der Waals surface area contributed by atoms with Gasteiger partial charge in [0.15, 0.2) is 0 Å². The number of nitrogens with zero attached hydrogens (tertiary/aromatic N) is 3. The van der Waals surface area contributed by atoms with Crippen molar-refractivity contribution in [3.8, 4) is 0 Å². The average Bonchev–Trinajstić information content (AvgIpc) is 2.79. The van der Waals surface area contributed by atoms with E-state index in [9.17, 15) is 14.4 Å². The fourth-order valence-corrected chi connectivity index (χ4v) is 3.74. The van der Waals surface area contributed by atoms with Crippen LogP contribution in [0.3, 0.4) is 0 Å². The highest BCUT2D eigenvalue weighted by Gasteiger charge is 2.25. The van der Waals surface area contributed by atoms with Gasteiger partial charge in [-0.2, -0.15) is 0 Å². The monoisotopic (exact) mass is 421 g/mol. The Morgan fingerprint density at radius 1 is 1.23 bits per heavy atom. The smallest absolute Gasteiger partial charge is 0.337 e. The van der Waals surface area contributed by atoms with Gasteiger partial charge in [0.2, 0.25) is 5.91 Å². The van der Waals surface area contributed by atoms with Gasteiger partial charge in [-0.25, -0.2) is 14.8 Å². The van der Waals surface area contributed by atoms with Crippen LogP contribution in [0.15, 0.2) is 47.4 Å². The van der Waals surface area contributed by atoms with Crippen LogP contribution in [0.25, 0.3) is 10.9 Å². The topological polar surface area (TPSA) is 117 Å². The van der Waals surface area contributed by atoms with Crippen molar-refractivity contribution >= 4 is 28.6 Å². The molecule has 0 bridgehead atoms. The van der Waals surface area contributed by atoms with E-state index in [1.807, 2.05) is 6.07 Å². The molecule has 1 fully saturated rings. The minimum absolute atomic E-state index is 0.0223. The third-order valence-corrected chi connectivity index (χ3v) is 5.42. The predicted octanol–water partition coefficient (Wildman–Crippen LogP) is 1.96. The quantitative estimate of drug-likeness (QED) is 0.605. The number of amides is 1. The zero-order valence-electron chi connectivity index (χ0n) is 17.1. The number of hydrogen-bond donors (Lipinski definition) is 2. The maximum absolute atomic E-state index is 12.5. The number of ether oxygens (including phenoxy) is 1. The molecule has 9 heteroatoms. The summed E-state index contributed by atoms with van der Waals surface area (Å²) in [6.45, 7) is 1.89. The lowest BCUT2D eigenvalue weighted by atomic mass is 9.96. The van der Waals surface area contributed by atoms with E-state index in [0.717, 1.165) is 0 Å². The molecule has 0 aliphatic carbocycles. The van der Waals surface area contributed by atoms with Gasteiger partial charge >= 0.3 is 5.97 Å². The Morgan fingerprint density at radius 2 is 2.03 bits per heavy atom. The second kappa shape index (κ2) is 9.05. The lowest BCUT2D eigenvalue weighted by molar-refractivity contribution is -0.121. The van der Waals surface area contributed by atoms with Crippen LogP contribution < -0.4 is 10.9 Å². The number of likely N-dealkylation sites (tertiary alicyclic amines) is 1. The van der Waals surface area contributed by atoms with E-state index in [1.165, 1.54) is 7.11 Å². The van der Waals surface area contributed by atoms with Gasteiger partial charge in [0, 0.05) is 12.1 Å². The fraction of sp³-hybridized carbons (Fsp3) is 0.318. The summed E-state index contributed by atoms with van der Waals surface area (Å²) in [4.78, 5) is 50.3. The minimum Gasteiger partial charge on any atom is -0.465 e. The van der Waals surface area contributed by atoms with E-state index in [0.29, 0.717) is 60.6 Å². The molecule has 160 valence electrons. The second-order valence-electron chi connectivity index (χ2n) is 7.49. The summed E-state index contributed by atoms with van der Waals surface area (Å²) in [7, 11) is 1.31. The van der Waals surface area contributed by atoms with Crippen LogP contribution in [-0.2, 0) is 16.1 Å². The Morgan fingerprint density at radius 3 is 2.74 bits per heavy atom. The largest absolute Gasteiger partial charge is 0.465 e. The van der Waals surface area contributed by atoms with Gasteiger partial charge in [-0.3, -0.25) is 14.5 Å². The SMILES string of the molecule is COC(=O)c1ccc2c(=O)[nH]c(CN3CCC(C(=O)Nc4ccccn4)CC3)nc2c1. The van der Waals surface area contributed by atoms with Crippen molar-refractivity contribution in [2.45, 2.75) is 19.4 Å². The summed E-state index contributed by atoms with van der Waals surface area (Å²) in [6.07, 6.45) is 3.07. The number of H-pyrrole nitrogens is 1. The maximum Gasteiger partial charge on any atom is 0.337 e. The number of aromatic amines is 1. The van der Waals surface area contributed by atoms with Crippen LogP contribution in [0.2, 0.25) is 0 Å². The van der Waals surface area contributed by atoms with Gasteiger partial charge in [-0.05, 0) is 56.3 Å². The van der Waals surface area contributed by atoms with Crippen molar-refractivity contribution in [2.75, 3.05) is 25.5 Å². The van der Waals surface area contributed by atoms with Crippen molar-refractivity contribution in [3.63, 3.8) is 0 Å². The third kappa shape index (κ3) is 4.77. The number of anilines is 1. The van der Waals surface area contributed by atoms with E-state index < -0.39 is 5.97 Å². The van der Waals surface area contributed by atoms with E-state index in [2.05, 4.69) is 25.2 Å². The number of carbonyl (C=O) groups is 2. The van der Waals surface area contributed by atoms with Crippen LogP contribution in [0, 0.1) is 5.92 Å². The van der Waals surface area contributed by atoms with Crippen LogP contribution in [-0.4, -0.2) is 51.9 Å². The van der Waals surface area contributed by atoms with Gasteiger partial charge in [-0.15, -0.1) is 0 Å². The Labute approximate surface area is 178 Å². The fourth-order valence-electron chi connectivity index (χ4n) is 3.74. The number of nitrogens with one attached hydrogen (secondary N) is 2. The molecule has 3 heterocycles. The standard InChI is InChI=1S/C22H23N5O4/c1-31-22(30)15-5-6-16-17(12-15)24-19(26-21(16)29)13-27-10-7-14(8-11-27)20(28)25-18-4-2-3-9-23-18/h2-6,9,12,14H,7-8,10-11,13H2,1H3,(H,23,25,28)(H,24,26,29). The molecule has 0 atom stereocenters. The predicted molar refractivity (Wildman–Crippen MR) is 115 cm³/mol. The lowest BCUT2D eigenvalue weighted by Gasteiger charge is -2.30. The summed E-state index contributed by atoms with van der Waals surface area (Å²) in [5.74, 6) is 0.502. The molecular formula is C22H23N5O4. The lowest BCUT2D eigenvalue weighted by Crippen LogP contribution is -2.38. The minimum atomic E-state index is -0.475. The molecule has 1 saturated heterocycles. The zero-order valence-corrected chi connectivity index (χ0v) is 17.1. The first-order valence-electron chi connectivity index (χ1n) is 10.1. The summed E-state index contributed by atoms with van der Waals surface area (Å²) >= 11 is 0. The highest BCUT2D eigenvalue weighted by molar-refractivity contribution is 5.94. The number of piperidine rings is 1. The Balaban J connectivity index is 1.40. The molecule has 2 N–H and O–H groups in total. The first-order valence-corrected chi connectivity index (χ1v) is 10.1. The van der Waals surface area contributed by atoms with Crippen molar-refractivity contribution < 1.29 is 14.3 Å². The molecule has 0 unspecified atom stereocenters. The number of benzene rings is 1. The number of fused-ring (bicyclic) bond motifs is 1. The molecule has 4 rings (SSSR count). The van der Waals surface area contributed by atoms with Crippen molar-refractivity contribution in [3.05, 3.63) is 64.3 Å². The molecule has 2 aromatic heterocycles. The van der Waals surface area contributed by atoms with Crippen LogP contribution in [0.5, 0.6) is 0 Å². The van der Waals surface area contributed by atoms with E-state index >= 15 is 0 Å². The second-order valence-corrected chi connectivity index (χ2v) is 7.49. The molecular weight excluding hydrogens is 398 g/mol. The molecule has 3 aromatic rings. The first kappa shape index (κ1) is 20.7. The van der Waals surface area contributed by atoms with E-state index in [-0.39, 0.29) is 17.4 Å². The summed E-state index contributed by atoms with van der Waals surface area (Å²) in [5, 5.41) is 3.27. The first-order chi connectivity index (χ1) is 15.0. The van der Waals surface area contributed by atoms with Crippen LogP contribution >= 0.6 is 0 Å². The molecule has 0 saturated carbocycles. The number of carbonyl (C=O) groups excluding carboxylic acids is 2. The van der Waals surface area contributed by atoms with Gasteiger partial charge in [-0.1, -0.05) is 6.07 Å². The average molecular weight is 421 g/mol. The molecule has 31 heavy (non-hydrogen) atoms. The van der Waals surface area contributed by atoms with Gasteiger partial charge in [0.25, 0.3) is 5.56 Å². The van der Waals surface area contributed by atoms with Crippen LogP contribution in [0.1, 0.15) is 29.0 Å². The van der Waals surface area contributed by atoms with Gasteiger partial charge in [0.05, 0.1) is 30.1 Å². The molecule has 1 amide bonds. The summed E-state index contributed by atoms with van der Waals surface area (Å²) < 4.78 is 4.74. The Kier molecular flexibility index (Phi) is 6.03. The number of hydrogen-bond acceptors (Lipinski definition) is 7. The Bertz CT molecular complexity index is 1150. The highest BCUT2D eigenvalue weighted by Crippen LogP contribution is 2.20. The number of pyridine rings is 1. The zero-order chi connectivity index (χ0) is 21.8.